The van der Waals surface area contributed by atoms with E-state index in [1.807, 2.05) is 36.1 Å². The highest BCUT2D eigenvalue weighted by molar-refractivity contribution is 7.11. The molecule has 2 aromatic rings. The zero-order valence-corrected chi connectivity index (χ0v) is 16.8. The lowest BCUT2D eigenvalue weighted by atomic mass is 9.98. The molecule has 1 saturated carbocycles. The standard InChI is InChI=1S/C21H28N4OS/c1-15-5-4-8-18(13-15)22-21(26)25-11-9-17(10-12-25)20-24-23-19(27-20)14-16-6-2-3-7-16/h4-5,8,13,16-17H,2-3,6-7,9-12,14H2,1H3,(H,22,26). The minimum Gasteiger partial charge on any atom is -0.324 e. The van der Waals surface area contributed by atoms with Crippen molar-refractivity contribution >= 4 is 23.1 Å². The van der Waals surface area contributed by atoms with Crippen LogP contribution in [-0.4, -0.2) is 34.2 Å². The van der Waals surface area contributed by atoms with E-state index in [2.05, 4.69) is 15.5 Å². The number of carbonyl (C=O) groups is 1. The van der Waals surface area contributed by atoms with E-state index in [-0.39, 0.29) is 6.03 Å². The first-order valence-corrected chi connectivity index (χ1v) is 10.9. The number of hydrogen-bond acceptors (Lipinski definition) is 4. The molecule has 1 aliphatic carbocycles. The fourth-order valence-electron chi connectivity index (χ4n) is 4.23. The second-order valence-electron chi connectivity index (χ2n) is 7.95. The van der Waals surface area contributed by atoms with Gasteiger partial charge < -0.3 is 10.2 Å². The first-order chi connectivity index (χ1) is 13.2. The number of aromatic nitrogens is 2. The molecule has 144 valence electrons. The molecule has 0 atom stereocenters. The number of amides is 2. The number of carbonyl (C=O) groups excluding carboxylic acids is 1. The van der Waals surface area contributed by atoms with Gasteiger partial charge in [-0.3, -0.25) is 0 Å². The number of nitrogens with zero attached hydrogens (tertiary/aromatic N) is 3. The van der Waals surface area contributed by atoms with E-state index in [1.165, 1.54) is 35.7 Å². The zero-order chi connectivity index (χ0) is 18.6. The van der Waals surface area contributed by atoms with Crippen molar-refractivity contribution in [2.75, 3.05) is 18.4 Å². The first kappa shape index (κ1) is 18.4. The van der Waals surface area contributed by atoms with Crippen molar-refractivity contribution in [2.24, 2.45) is 5.92 Å². The van der Waals surface area contributed by atoms with Crippen LogP contribution in [0.5, 0.6) is 0 Å². The van der Waals surface area contributed by atoms with Crippen molar-refractivity contribution in [3.05, 3.63) is 39.8 Å². The number of benzene rings is 1. The average Bonchev–Trinajstić information content (AvgIpc) is 3.34. The van der Waals surface area contributed by atoms with Crippen LogP contribution < -0.4 is 5.32 Å². The Kier molecular flexibility index (Phi) is 5.72. The van der Waals surface area contributed by atoms with Crippen molar-refractivity contribution in [3.63, 3.8) is 0 Å². The summed E-state index contributed by atoms with van der Waals surface area (Å²) >= 11 is 1.80. The van der Waals surface area contributed by atoms with Gasteiger partial charge in [0.05, 0.1) is 0 Å². The molecule has 1 aliphatic heterocycles. The molecule has 27 heavy (non-hydrogen) atoms. The van der Waals surface area contributed by atoms with E-state index >= 15 is 0 Å². The Labute approximate surface area is 165 Å². The van der Waals surface area contributed by atoms with E-state index in [0.717, 1.165) is 49.5 Å². The van der Waals surface area contributed by atoms with Gasteiger partial charge in [-0.15, -0.1) is 21.5 Å². The highest BCUT2D eigenvalue weighted by atomic mass is 32.1. The predicted octanol–water partition coefficient (Wildman–Crippen LogP) is 4.99. The molecule has 6 heteroatoms. The molecule has 2 fully saturated rings. The van der Waals surface area contributed by atoms with Crippen molar-refractivity contribution in [1.82, 2.24) is 15.1 Å². The molecule has 0 spiro atoms. The van der Waals surface area contributed by atoms with Crippen LogP contribution in [0, 0.1) is 12.8 Å². The van der Waals surface area contributed by atoms with Crippen molar-refractivity contribution in [1.29, 1.82) is 0 Å². The van der Waals surface area contributed by atoms with E-state index in [0.29, 0.717) is 5.92 Å². The number of hydrogen-bond donors (Lipinski definition) is 1. The third kappa shape index (κ3) is 4.67. The van der Waals surface area contributed by atoms with Gasteiger partial charge >= 0.3 is 6.03 Å². The number of likely N-dealkylation sites (tertiary alicyclic amines) is 1. The highest BCUT2D eigenvalue weighted by Crippen LogP contribution is 2.33. The topological polar surface area (TPSA) is 58.1 Å². The molecular formula is C21H28N4OS. The van der Waals surface area contributed by atoms with Crippen LogP contribution in [0.4, 0.5) is 10.5 Å². The maximum absolute atomic E-state index is 12.5. The molecule has 1 saturated heterocycles. The quantitative estimate of drug-likeness (QED) is 0.808. The van der Waals surface area contributed by atoms with Crippen LogP contribution in [0.25, 0.3) is 0 Å². The number of anilines is 1. The fourth-order valence-corrected chi connectivity index (χ4v) is 5.36. The van der Waals surface area contributed by atoms with Crippen LogP contribution in [0.1, 0.15) is 60.0 Å². The molecule has 0 bridgehead atoms. The van der Waals surface area contributed by atoms with Crippen molar-refractivity contribution in [3.8, 4) is 0 Å². The van der Waals surface area contributed by atoms with Crippen molar-refractivity contribution in [2.45, 2.75) is 57.8 Å². The summed E-state index contributed by atoms with van der Waals surface area (Å²) in [5, 5.41) is 14.3. The third-order valence-corrected chi connectivity index (χ3v) is 6.93. The zero-order valence-electron chi connectivity index (χ0n) is 16.0. The smallest absolute Gasteiger partial charge is 0.321 e. The van der Waals surface area contributed by atoms with Gasteiger partial charge in [-0.05, 0) is 43.4 Å². The summed E-state index contributed by atoms with van der Waals surface area (Å²) in [4.78, 5) is 14.4. The molecule has 2 heterocycles. The minimum atomic E-state index is -0.00163. The van der Waals surface area contributed by atoms with Gasteiger partial charge in [-0.2, -0.15) is 0 Å². The first-order valence-electron chi connectivity index (χ1n) is 10.1. The molecular weight excluding hydrogens is 356 g/mol. The second kappa shape index (κ2) is 8.38. The molecule has 5 nitrogen and oxygen atoms in total. The predicted molar refractivity (Wildman–Crippen MR) is 109 cm³/mol. The van der Waals surface area contributed by atoms with Gasteiger partial charge in [0.15, 0.2) is 0 Å². The van der Waals surface area contributed by atoms with Crippen LogP contribution in [-0.2, 0) is 6.42 Å². The summed E-state index contributed by atoms with van der Waals surface area (Å²) in [6.07, 6.45) is 8.50. The van der Waals surface area contributed by atoms with Gasteiger partial charge in [-0.1, -0.05) is 37.8 Å². The Morgan fingerprint density at radius 1 is 1.19 bits per heavy atom. The Bertz CT molecular complexity index is 776. The van der Waals surface area contributed by atoms with Crippen LogP contribution in [0.15, 0.2) is 24.3 Å². The largest absolute Gasteiger partial charge is 0.324 e. The normalized spacial score (nSPS) is 18.8. The summed E-state index contributed by atoms with van der Waals surface area (Å²) in [5.41, 5.74) is 2.01. The summed E-state index contributed by atoms with van der Waals surface area (Å²) in [7, 11) is 0. The van der Waals surface area contributed by atoms with E-state index in [4.69, 9.17) is 0 Å². The number of aryl methyl sites for hydroxylation is 1. The van der Waals surface area contributed by atoms with Gasteiger partial charge in [-0.25, -0.2) is 4.79 Å². The highest BCUT2D eigenvalue weighted by Gasteiger charge is 2.27. The van der Waals surface area contributed by atoms with Gasteiger partial charge in [0.2, 0.25) is 0 Å². The lowest BCUT2D eigenvalue weighted by Crippen LogP contribution is -2.40. The second-order valence-corrected chi connectivity index (χ2v) is 9.04. The molecule has 2 aliphatic rings. The van der Waals surface area contributed by atoms with Gasteiger partial charge in [0.1, 0.15) is 10.0 Å². The van der Waals surface area contributed by atoms with Crippen LogP contribution in [0.3, 0.4) is 0 Å². The molecule has 2 amide bonds. The molecule has 0 unspecified atom stereocenters. The number of rotatable bonds is 4. The van der Waals surface area contributed by atoms with Crippen molar-refractivity contribution < 1.29 is 4.79 Å². The maximum Gasteiger partial charge on any atom is 0.321 e. The van der Waals surface area contributed by atoms with Gasteiger partial charge in [0.25, 0.3) is 0 Å². The van der Waals surface area contributed by atoms with Crippen LogP contribution >= 0.6 is 11.3 Å². The third-order valence-electron chi connectivity index (χ3n) is 5.82. The Morgan fingerprint density at radius 2 is 1.96 bits per heavy atom. The van der Waals surface area contributed by atoms with E-state index in [1.54, 1.807) is 11.3 Å². The molecule has 1 N–H and O–H groups in total. The summed E-state index contributed by atoms with van der Waals surface area (Å²) in [5.74, 6) is 1.26. The molecule has 0 radical (unpaired) electrons. The number of nitrogens with one attached hydrogen (secondary N) is 1. The lowest BCUT2D eigenvalue weighted by molar-refractivity contribution is 0.194. The minimum absolute atomic E-state index is 0.00163. The number of piperidine rings is 1. The van der Waals surface area contributed by atoms with Gasteiger partial charge in [0, 0.05) is 31.1 Å². The Hall–Kier alpha value is -1.95. The summed E-state index contributed by atoms with van der Waals surface area (Å²) in [6.45, 7) is 3.59. The SMILES string of the molecule is Cc1cccc(NC(=O)N2CCC(c3nnc(CC4CCCC4)s3)CC2)c1. The average molecular weight is 385 g/mol. The van der Waals surface area contributed by atoms with E-state index < -0.39 is 0 Å². The summed E-state index contributed by atoms with van der Waals surface area (Å²) < 4.78 is 0. The Morgan fingerprint density at radius 3 is 2.70 bits per heavy atom. The molecule has 4 rings (SSSR count). The summed E-state index contributed by atoms with van der Waals surface area (Å²) in [6, 6.07) is 7.93. The maximum atomic E-state index is 12.5. The Balaban J connectivity index is 1.28. The monoisotopic (exact) mass is 384 g/mol. The number of urea groups is 1. The lowest BCUT2D eigenvalue weighted by Gasteiger charge is -2.31. The van der Waals surface area contributed by atoms with E-state index in [9.17, 15) is 4.79 Å². The molecule has 1 aromatic carbocycles. The van der Waals surface area contributed by atoms with Crippen LogP contribution in [0.2, 0.25) is 0 Å². The molecule has 1 aromatic heterocycles. The fraction of sp³-hybridized carbons (Fsp3) is 0.571.